The van der Waals surface area contributed by atoms with Gasteiger partial charge in [-0.2, -0.15) is 36.4 Å². The van der Waals surface area contributed by atoms with Crippen molar-refractivity contribution < 1.29 is 39.6 Å². The number of rotatable bonds is 4. The Hall–Kier alpha value is -3.07. The highest BCUT2D eigenvalue weighted by atomic mass is 32.2. The largest absolute Gasteiger partial charge is 0.445 e. The zero-order valence-corrected chi connectivity index (χ0v) is 18.9. The van der Waals surface area contributed by atoms with E-state index >= 15 is 0 Å². The molecular weight excluding hydrogens is 510 g/mol. The third kappa shape index (κ3) is 5.35. The average Bonchev–Trinajstić information content (AvgIpc) is 3.13. The van der Waals surface area contributed by atoms with Crippen molar-refractivity contribution in [3.05, 3.63) is 57.6 Å². The van der Waals surface area contributed by atoms with Crippen LogP contribution in [0.15, 0.2) is 46.4 Å². The Morgan fingerprint density at radius 2 is 1.76 bits per heavy atom. The van der Waals surface area contributed by atoms with Gasteiger partial charge in [-0.1, -0.05) is 30.4 Å². The molecule has 0 saturated carbocycles. The van der Waals surface area contributed by atoms with E-state index in [1.807, 2.05) is 0 Å². The maximum atomic E-state index is 13.0. The highest BCUT2D eigenvalue weighted by Crippen LogP contribution is 2.33. The first-order valence-electron chi connectivity index (χ1n) is 9.24. The summed E-state index contributed by atoms with van der Waals surface area (Å²) in [7, 11) is -3.01. The lowest BCUT2D eigenvalue weighted by molar-refractivity contribution is -0.138. The Balaban J connectivity index is 2.15. The van der Waals surface area contributed by atoms with Gasteiger partial charge in [-0.3, -0.25) is 4.79 Å². The molecule has 0 unspecified atom stereocenters. The van der Waals surface area contributed by atoms with Gasteiger partial charge in [0.05, 0.1) is 16.2 Å². The summed E-state index contributed by atoms with van der Waals surface area (Å²) in [6.45, 7) is 1.27. The molecule has 3 rings (SSSR count). The topological polar surface area (TPSA) is 94.3 Å². The van der Waals surface area contributed by atoms with Gasteiger partial charge in [-0.05, 0) is 23.8 Å². The number of halogens is 6. The SMILES string of the molecule is CCS(=O)(=O)c1cc(-c2cccc(C(F)(F)F)c2)cnc1C(=O)N=c1sc(C(F)(F)F)nn1C. The number of hydrogen-bond donors (Lipinski definition) is 0. The van der Waals surface area contributed by atoms with Crippen molar-refractivity contribution in [2.75, 3.05) is 5.75 Å². The second-order valence-electron chi connectivity index (χ2n) is 6.78. The predicted molar refractivity (Wildman–Crippen MR) is 108 cm³/mol. The van der Waals surface area contributed by atoms with Gasteiger partial charge in [0.15, 0.2) is 9.84 Å². The van der Waals surface area contributed by atoms with Crippen molar-refractivity contribution >= 4 is 27.1 Å². The van der Waals surface area contributed by atoms with E-state index < -0.39 is 59.8 Å². The number of sulfone groups is 1. The maximum absolute atomic E-state index is 13.0. The number of aryl methyl sites for hydroxylation is 1. The number of alkyl halides is 6. The van der Waals surface area contributed by atoms with Gasteiger partial charge >= 0.3 is 12.4 Å². The van der Waals surface area contributed by atoms with Crippen molar-refractivity contribution in [2.45, 2.75) is 24.2 Å². The van der Waals surface area contributed by atoms with Crippen LogP contribution in [-0.2, 0) is 29.2 Å². The van der Waals surface area contributed by atoms with Gasteiger partial charge in [0, 0.05) is 18.8 Å². The summed E-state index contributed by atoms with van der Waals surface area (Å²) in [5.74, 6) is -1.73. The van der Waals surface area contributed by atoms with Crippen LogP contribution >= 0.6 is 11.3 Å². The van der Waals surface area contributed by atoms with E-state index in [0.717, 1.165) is 37.5 Å². The molecule has 0 N–H and O–H groups in total. The fraction of sp³-hybridized carbons (Fsp3) is 0.263. The molecule has 2 aromatic heterocycles. The molecule has 0 saturated heterocycles. The van der Waals surface area contributed by atoms with Crippen LogP contribution in [0.5, 0.6) is 0 Å². The summed E-state index contributed by atoms with van der Waals surface area (Å²) in [5, 5.41) is 1.96. The minimum absolute atomic E-state index is 0.00510. The van der Waals surface area contributed by atoms with Crippen LogP contribution in [0.3, 0.4) is 0 Å². The molecule has 0 aliphatic heterocycles. The molecule has 3 aromatic rings. The molecule has 182 valence electrons. The first-order chi connectivity index (χ1) is 15.6. The number of nitrogens with zero attached hydrogens (tertiary/aromatic N) is 4. The lowest BCUT2D eigenvalue weighted by atomic mass is 10.0. The summed E-state index contributed by atoms with van der Waals surface area (Å²) in [6, 6.07) is 5.04. The third-order valence-electron chi connectivity index (χ3n) is 4.44. The van der Waals surface area contributed by atoms with Crippen molar-refractivity contribution in [1.29, 1.82) is 0 Å². The number of pyridine rings is 1. The van der Waals surface area contributed by atoms with Gasteiger partial charge in [0.2, 0.25) is 9.81 Å². The fourth-order valence-electron chi connectivity index (χ4n) is 2.73. The molecule has 0 bridgehead atoms. The molecule has 2 heterocycles. The first-order valence-corrected chi connectivity index (χ1v) is 11.7. The number of amides is 1. The summed E-state index contributed by atoms with van der Waals surface area (Å²) in [5.41, 5.74) is -1.68. The monoisotopic (exact) mass is 524 g/mol. The summed E-state index contributed by atoms with van der Waals surface area (Å²) >= 11 is 0.0680. The molecule has 0 aliphatic rings. The zero-order valence-electron chi connectivity index (χ0n) is 17.3. The van der Waals surface area contributed by atoms with Crippen LogP contribution in [0.4, 0.5) is 26.3 Å². The van der Waals surface area contributed by atoms with Crippen molar-refractivity contribution in [1.82, 2.24) is 14.8 Å². The van der Waals surface area contributed by atoms with Crippen molar-refractivity contribution in [2.24, 2.45) is 12.0 Å². The van der Waals surface area contributed by atoms with Crippen LogP contribution in [0, 0.1) is 0 Å². The van der Waals surface area contributed by atoms with E-state index in [9.17, 15) is 39.6 Å². The molecular formula is C19H14F6N4O3S2. The van der Waals surface area contributed by atoms with Gasteiger partial charge in [-0.25, -0.2) is 18.1 Å². The summed E-state index contributed by atoms with van der Waals surface area (Å²) in [4.78, 5) is 18.9. The highest BCUT2D eigenvalue weighted by Gasteiger charge is 2.36. The quantitative estimate of drug-likeness (QED) is 0.479. The average molecular weight is 524 g/mol. The van der Waals surface area contributed by atoms with E-state index in [2.05, 4.69) is 15.1 Å². The molecule has 34 heavy (non-hydrogen) atoms. The number of carbonyl (C=O) groups excluding carboxylic acids is 1. The minimum Gasteiger partial charge on any atom is -0.265 e. The van der Waals surface area contributed by atoms with E-state index in [0.29, 0.717) is 4.68 Å². The summed E-state index contributed by atoms with van der Waals surface area (Å²) < 4.78 is 104. The first kappa shape index (κ1) is 25.6. The van der Waals surface area contributed by atoms with E-state index in [4.69, 9.17) is 0 Å². The zero-order chi connectivity index (χ0) is 25.5. The molecule has 15 heteroatoms. The van der Waals surface area contributed by atoms with Crippen LogP contribution in [0.2, 0.25) is 0 Å². The molecule has 0 aliphatic carbocycles. The lowest BCUT2D eigenvalue weighted by Crippen LogP contribution is -2.18. The van der Waals surface area contributed by atoms with Gasteiger partial charge in [0.25, 0.3) is 5.91 Å². The molecule has 7 nitrogen and oxygen atoms in total. The van der Waals surface area contributed by atoms with Gasteiger partial charge in [0.1, 0.15) is 5.69 Å². The standard InChI is InChI=1S/C19H14F6N4O3S2/c1-3-34(31,32)13-8-11(10-5-4-6-12(7-10)18(20,21)22)9-26-14(13)15(30)27-17-29(2)28-16(33-17)19(23,24)25/h4-9H,3H2,1-2H3. The van der Waals surface area contributed by atoms with Crippen molar-refractivity contribution in [3.63, 3.8) is 0 Å². The normalized spacial score (nSPS) is 13.4. The highest BCUT2D eigenvalue weighted by molar-refractivity contribution is 7.91. The Kier molecular flexibility index (Phi) is 6.72. The second kappa shape index (κ2) is 8.94. The minimum atomic E-state index is -4.78. The Labute approximate surface area is 192 Å². The number of benzene rings is 1. The molecule has 1 aromatic carbocycles. The molecule has 0 fully saturated rings. The van der Waals surface area contributed by atoms with E-state index in [1.54, 1.807) is 0 Å². The predicted octanol–water partition coefficient (Wildman–Crippen LogP) is 4.12. The van der Waals surface area contributed by atoms with Crippen LogP contribution in [0.1, 0.15) is 28.0 Å². The molecule has 0 atom stereocenters. The van der Waals surface area contributed by atoms with Crippen molar-refractivity contribution in [3.8, 4) is 11.1 Å². The van der Waals surface area contributed by atoms with Crippen LogP contribution in [0.25, 0.3) is 11.1 Å². The van der Waals surface area contributed by atoms with Crippen LogP contribution < -0.4 is 4.80 Å². The summed E-state index contributed by atoms with van der Waals surface area (Å²) in [6.07, 6.45) is -8.43. The molecule has 0 spiro atoms. The van der Waals surface area contributed by atoms with Gasteiger partial charge < -0.3 is 0 Å². The number of aromatic nitrogens is 3. The number of carbonyl (C=O) groups is 1. The lowest BCUT2D eigenvalue weighted by Gasteiger charge is -2.11. The third-order valence-corrected chi connectivity index (χ3v) is 7.22. The van der Waals surface area contributed by atoms with Gasteiger partial charge in [-0.15, -0.1) is 0 Å². The molecule has 1 amide bonds. The number of hydrogen-bond acceptors (Lipinski definition) is 6. The molecule has 0 radical (unpaired) electrons. The van der Waals surface area contributed by atoms with E-state index in [1.165, 1.54) is 13.0 Å². The Morgan fingerprint density at radius 3 is 2.32 bits per heavy atom. The Morgan fingerprint density at radius 1 is 1.09 bits per heavy atom. The Bertz CT molecular complexity index is 1420. The van der Waals surface area contributed by atoms with Crippen LogP contribution in [-0.4, -0.2) is 34.8 Å². The second-order valence-corrected chi connectivity index (χ2v) is 9.98. The maximum Gasteiger partial charge on any atom is 0.445 e. The smallest absolute Gasteiger partial charge is 0.265 e. The van der Waals surface area contributed by atoms with E-state index in [-0.39, 0.29) is 22.5 Å². The fourth-order valence-corrected chi connectivity index (χ4v) is 4.54.